The summed E-state index contributed by atoms with van der Waals surface area (Å²) in [6, 6.07) is 7.08. The van der Waals surface area contributed by atoms with E-state index in [1.807, 2.05) is 24.3 Å². The minimum atomic E-state index is -1.07. The van der Waals surface area contributed by atoms with Crippen molar-refractivity contribution in [1.82, 2.24) is 5.32 Å². The summed E-state index contributed by atoms with van der Waals surface area (Å²) in [5, 5.41) is 23.8. The summed E-state index contributed by atoms with van der Waals surface area (Å²) >= 11 is 0. The fraction of sp³-hybridized carbons (Fsp3) is 0.684. The highest BCUT2D eigenvalue weighted by Gasteiger charge is 2.44. The molecule has 1 aliphatic heterocycles. The van der Waals surface area contributed by atoms with Crippen molar-refractivity contribution in [2.45, 2.75) is 57.0 Å². The molecule has 0 amide bonds. The Balaban J connectivity index is 1.88. The first-order chi connectivity index (χ1) is 12.6. The average Bonchev–Trinajstić information content (AvgIpc) is 2.66. The van der Waals surface area contributed by atoms with Crippen LogP contribution in [0.25, 0.3) is 0 Å². The van der Waals surface area contributed by atoms with Gasteiger partial charge in [-0.2, -0.15) is 0 Å². The quantitative estimate of drug-likeness (QED) is 0.532. The third-order valence-corrected chi connectivity index (χ3v) is 4.54. The lowest BCUT2D eigenvalue weighted by Gasteiger charge is -2.42. The fourth-order valence-corrected chi connectivity index (χ4v) is 2.96. The SMILES string of the molecule is CCCCOC1C(NC)[C@@H](O)OC(COCc2ccc(OC)cc2)[C@H]1O. The van der Waals surface area contributed by atoms with Gasteiger partial charge >= 0.3 is 0 Å². The summed E-state index contributed by atoms with van der Waals surface area (Å²) in [5.41, 5.74) is 0.987. The number of unbranched alkanes of at least 4 members (excludes halogenated alkanes) is 1. The van der Waals surface area contributed by atoms with E-state index in [-0.39, 0.29) is 6.61 Å². The number of rotatable bonds is 10. The monoisotopic (exact) mass is 369 g/mol. The molecule has 0 saturated carbocycles. The van der Waals surface area contributed by atoms with Gasteiger partial charge < -0.3 is 34.5 Å². The van der Waals surface area contributed by atoms with Crippen molar-refractivity contribution in [3.05, 3.63) is 29.8 Å². The number of hydrogen-bond donors (Lipinski definition) is 3. The predicted octanol–water partition coefficient (Wildman–Crippen LogP) is 1.06. The van der Waals surface area contributed by atoms with Gasteiger partial charge in [-0.15, -0.1) is 0 Å². The van der Waals surface area contributed by atoms with Gasteiger partial charge in [-0.05, 0) is 31.2 Å². The molecule has 2 rings (SSSR count). The van der Waals surface area contributed by atoms with Gasteiger partial charge in [0.05, 0.1) is 26.4 Å². The number of benzene rings is 1. The molecular formula is C19H31NO6. The lowest BCUT2D eigenvalue weighted by atomic mass is 9.97. The number of ether oxygens (including phenoxy) is 4. The molecule has 7 heteroatoms. The zero-order chi connectivity index (χ0) is 18.9. The van der Waals surface area contributed by atoms with Gasteiger partial charge in [0.15, 0.2) is 6.29 Å². The minimum absolute atomic E-state index is 0.161. The van der Waals surface area contributed by atoms with E-state index in [0.29, 0.717) is 13.2 Å². The first-order valence-electron chi connectivity index (χ1n) is 9.11. The molecule has 148 valence electrons. The molecule has 26 heavy (non-hydrogen) atoms. The van der Waals surface area contributed by atoms with E-state index in [9.17, 15) is 10.2 Å². The van der Waals surface area contributed by atoms with E-state index in [2.05, 4.69) is 12.2 Å². The molecule has 1 aromatic rings. The van der Waals surface area contributed by atoms with Crippen LogP contribution in [-0.2, 0) is 20.8 Å². The molecule has 1 aromatic carbocycles. The summed E-state index contributed by atoms with van der Waals surface area (Å²) in [6.45, 7) is 3.14. The first kappa shape index (κ1) is 21.1. The van der Waals surface area contributed by atoms with Crippen LogP contribution in [0, 0.1) is 0 Å². The van der Waals surface area contributed by atoms with Crippen LogP contribution in [0.2, 0.25) is 0 Å². The summed E-state index contributed by atoms with van der Waals surface area (Å²) < 4.78 is 22.1. The van der Waals surface area contributed by atoms with Crippen LogP contribution in [0.15, 0.2) is 24.3 Å². The molecule has 0 aromatic heterocycles. The lowest BCUT2D eigenvalue weighted by Crippen LogP contribution is -2.63. The van der Waals surface area contributed by atoms with E-state index in [1.165, 1.54) is 0 Å². The second-order valence-electron chi connectivity index (χ2n) is 6.42. The Hall–Kier alpha value is -1.22. The fourth-order valence-electron chi connectivity index (χ4n) is 2.96. The maximum atomic E-state index is 10.6. The summed E-state index contributed by atoms with van der Waals surface area (Å²) in [6.07, 6.45) is -1.26. The first-order valence-corrected chi connectivity index (χ1v) is 9.11. The van der Waals surface area contributed by atoms with E-state index in [1.54, 1.807) is 14.2 Å². The van der Waals surface area contributed by atoms with Crippen LogP contribution in [-0.4, -0.2) is 68.2 Å². The highest BCUT2D eigenvalue weighted by Crippen LogP contribution is 2.23. The topological polar surface area (TPSA) is 89.4 Å². The third kappa shape index (κ3) is 5.64. The maximum absolute atomic E-state index is 10.6. The Morgan fingerprint density at radius 1 is 1.19 bits per heavy atom. The van der Waals surface area contributed by atoms with Crippen LogP contribution in [0.4, 0.5) is 0 Å². The van der Waals surface area contributed by atoms with Crippen molar-refractivity contribution in [2.24, 2.45) is 0 Å². The molecule has 3 unspecified atom stereocenters. The van der Waals surface area contributed by atoms with Crippen LogP contribution >= 0.6 is 0 Å². The molecule has 1 fully saturated rings. The number of methoxy groups -OCH3 is 1. The largest absolute Gasteiger partial charge is 0.497 e. The Bertz CT molecular complexity index is 511. The highest BCUT2D eigenvalue weighted by atomic mass is 16.6. The molecule has 5 atom stereocenters. The Kier molecular flexibility index (Phi) is 8.77. The van der Waals surface area contributed by atoms with Gasteiger partial charge in [0.1, 0.15) is 24.1 Å². The predicted molar refractivity (Wildman–Crippen MR) is 97.0 cm³/mol. The zero-order valence-electron chi connectivity index (χ0n) is 15.8. The summed E-state index contributed by atoms with van der Waals surface area (Å²) in [7, 11) is 3.33. The van der Waals surface area contributed by atoms with Crippen LogP contribution in [0.3, 0.4) is 0 Å². The number of hydrogen-bond acceptors (Lipinski definition) is 7. The van der Waals surface area contributed by atoms with Crippen molar-refractivity contribution < 1.29 is 29.2 Å². The molecule has 0 spiro atoms. The van der Waals surface area contributed by atoms with E-state index in [4.69, 9.17) is 18.9 Å². The maximum Gasteiger partial charge on any atom is 0.173 e. The normalized spacial score (nSPS) is 28.9. The second kappa shape index (κ2) is 10.8. The Labute approximate surface area is 155 Å². The lowest BCUT2D eigenvalue weighted by molar-refractivity contribution is -0.265. The van der Waals surface area contributed by atoms with Crippen molar-refractivity contribution in [2.75, 3.05) is 27.4 Å². The molecule has 3 N–H and O–H groups in total. The van der Waals surface area contributed by atoms with Gasteiger partial charge in [-0.3, -0.25) is 0 Å². The smallest absolute Gasteiger partial charge is 0.173 e. The van der Waals surface area contributed by atoms with E-state index >= 15 is 0 Å². The molecule has 7 nitrogen and oxygen atoms in total. The summed E-state index contributed by atoms with van der Waals surface area (Å²) in [5.74, 6) is 0.785. The van der Waals surface area contributed by atoms with Crippen LogP contribution < -0.4 is 10.1 Å². The number of aliphatic hydroxyl groups excluding tert-OH is 2. The van der Waals surface area contributed by atoms with Crippen molar-refractivity contribution in [1.29, 1.82) is 0 Å². The van der Waals surface area contributed by atoms with E-state index in [0.717, 1.165) is 24.2 Å². The summed E-state index contributed by atoms with van der Waals surface area (Å²) in [4.78, 5) is 0. The third-order valence-electron chi connectivity index (χ3n) is 4.54. The van der Waals surface area contributed by atoms with Gasteiger partial charge in [-0.1, -0.05) is 25.5 Å². The van der Waals surface area contributed by atoms with Crippen LogP contribution in [0.5, 0.6) is 5.75 Å². The van der Waals surface area contributed by atoms with Crippen molar-refractivity contribution in [3.63, 3.8) is 0 Å². The highest BCUT2D eigenvalue weighted by molar-refractivity contribution is 5.26. The van der Waals surface area contributed by atoms with Crippen LogP contribution in [0.1, 0.15) is 25.3 Å². The van der Waals surface area contributed by atoms with E-state index < -0.39 is 30.6 Å². The molecular weight excluding hydrogens is 338 g/mol. The Morgan fingerprint density at radius 3 is 2.54 bits per heavy atom. The van der Waals surface area contributed by atoms with Gasteiger partial charge in [0.25, 0.3) is 0 Å². The standard InChI is InChI=1S/C19H31NO6/c1-4-5-10-25-18-16(20-2)19(22)26-15(17(18)21)12-24-11-13-6-8-14(23-3)9-7-13/h6-9,15-22H,4-5,10-12H2,1-3H3/t15?,16?,17-,18?,19+/m1/s1. The number of likely N-dealkylation sites (N-methyl/N-ethyl adjacent to an activating group) is 1. The van der Waals surface area contributed by atoms with Crippen molar-refractivity contribution in [3.8, 4) is 5.75 Å². The zero-order valence-corrected chi connectivity index (χ0v) is 15.8. The molecule has 1 heterocycles. The second-order valence-corrected chi connectivity index (χ2v) is 6.42. The van der Waals surface area contributed by atoms with Gasteiger partial charge in [0.2, 0.25) is 0 Å². The molecule has 1 aliphatic rings. The molecule has 0 aliphatic carbocycles. The average molecular weight is 369 g/mol. The Morgan fingerprint density at radius 2 is 1.92 bits per heavy atom. The number of nitrogens with one attached hydrogen (secondary N) is 1. The van der Waals surface area contributed by atoms with Gasteiger partial charge in [-0.25, -0.2) is 0 Å². The van der Waals surface area contributed by atoms with Gasteiger partial charge in [0, 0.05) is 6.61 Å². The number of aliphatic hydroxyl groups is 2. The van der Waals surface area contributed by atoms with Crippen molar-refractivity contribution >= 4 is 0 Å². The molecule has 1 saturated heterocycles. The molecule has 0 radical (unpaired) electrons. The minimum Gasteiger partial charge on any atom is -0.497 e. The molecule has 0 bridgehead atoms.